The first kappa shape index (κ1) is 14.3. The highest BCUT2D eigenvalue weighted by atomic mass is 32.2. The van der Waals surface area contributed by atoms with E-state index >= 15 is 0 Å². The van der Waals surface area contributed by atoms with E-state index in [0.717, 1.165) is 19.3 Å². The van der Waals surface area contributed by atoms with E-state index in [2.05, 4.69) is 4.72 Å². The van der Waals surface area contributed by atoms with Crippen molar-refractivity contribution in [3.05, 3.63) is 24.3 Å². The van der Waals surface area contributed by atoms with Crippen LogP contribution in [0.1, 0.15) is 32.1 Å². The minimum atomic E-state index is -3.59. The Labute approximate surface area is 113 Å². The van der Waals surface area contributed by atoms with E-state index in [4.69, 9.17) is 5.73 Å². The van der Waals surface area contributed by atoms with E-state index in [1.54, 1.807) is 12.1 Å². The summed E-state index contributed by atoms with van der Waals surface area (Å²) >= 11 is 0. The Bertz CT molecular complexity index is 513. The fourth-order valence-corrected chi connectivity index (χ4v) is 3.64. The van der Waals surface area contributed by atoms with Crippen molar-refractivity contribution < 1.29 is 13.5 Å². The number of nitrogens with two attached hydrogens (primary N) is 1. The van der Waals surface area contributed by atoms with Gasteiger partial charge in [-0.1, -0.05) is 19.3 Å². The number of hydrogen-bond donors (Lipinski definition) is 3. The lowest BCUT2D eigenvalue weighted by molar-refractivity contribution is 0.130. The smallest absolute Gasteiger partial charge is 0.240 e. The summed E-state index contributed by atoms with van der Waals surface area (Å²) in [6.07, 6.45) is 3.64. The van der Waals surface area contributed by atoms with Gasteiger partial charge < -0.3 is 10.8 Å². The number of aliphatic hydroxyl groups is 1. The number of nitrogens with one attached hydrogen (secondary N) is 1. The Hall–Kier alpha value is -1.11. The molecule has 1 aromatic carbocycles. The van der Waals surface area contributed by atoms with Gasteiger partial charge in [0.15, 0.2) is 0 Å². The molecule has 5 nitrogen and oxygen atoms in total. The first-order valence-corrected chi connectivity index (χ1v) is 8.03. The second kappa shape index (κ2) is 5.90. The highest BCUT2D eigenvalue weighted by Crippen LogP contribution is 2.20. The van der Waals surface area contributed by atoms with Crippen molar-refractivity contribution in [3.8, 4) is 0 Å². The zero-order valence-electron chi connectivity index (χ0n) is 10.7. The number of sulfonamides is 1. The van der Waals surface area contributed by atoms with Gasteiger partial charge in [0.1, 0.15) is 0 Å². The first-order chi connectivity index (χ1) is 8.99. The molecule has 6 heteroatoms. The van der Waals surface area contributed by atoms with Gasteiger partial charge in [0.2, 0.25) is 10.0 Å². The molecule has 4 N–H and O–H groups in total. The standard InChI is InChI=1S/C13H20N2O3S/c14-10-6-8-11(9-7-10)19(17,18)15-12-4-2-1-3-5-13(12)16/h6-9,12-13,15-16H,1-5,14H2. The molecule has 0 spiro atoms. The van der Waals surface area contributed by atoms with Crippen molar-refractivity contribution >= 4 is 15.7 Å². The third kappa shape index (κ3) is 3.68. The van der Waals surface area contributed by atoms with Crippen LogP contribution in [-0.4, -0.2) is 25.7 Å². The van der Waals surface area contributed by atoms with E-state index < -0.39 is 22.2 Å². The summed E-state index contributed by atoms with van der Waals surface area (Å²) in [5.41, 5.74) is 6.06. The Morgan fingerprint density at radius 2 is 1.74 bits per heavy atom. The van der Waals surface area contributed by atoms with Crippen LogP contribution in [0.4, 0.5) is 5.69 Å². The van der Waals surface area contributed by atoms with Crippen LogP contribution in [0.25, 0.3) is 0 Å². The molecule has 1 saturated carbocycles. The Balaban J connectivity index is 2.13. The van der Waals surface area contributed by atoms with Crippen molar-refractivity contribution in [2.24, 2.45) is 0 Å². The van der Waals surface area contributed by atoms with E-state index in [-0.39, 0.29) is 4.90 Å². The van der Waals surface area contributed by atoms with Crippen LogP contribution in [0.5, 0.6) is 0 Å². The van der Waals surface area contributed by atoms with Gasteiger partial charge in [-0.25, -0.2) is 13.1 Å². The predicted octanol–water partition coefficient (Wildman–Crippen LogP) is 1.24. The summed E-state index contributed by atoms with van der Waals surface area (Å²) < 4.78 is 27.0. The average Bonchev–Trinajstić information content (AvgIpc) is 2.55. The number of nitrogen functional groups attached to an aromatic ring is 1. The Morgan fingerprint density at radius 3 is 2.42 bits per heavy atom. The van der Waals surface area contributed by atoms with Crippen LogP contribution in [0.3, 0.4) is 0 Å². The van der Waals surface area contributed by atoms with E-state index in [1.807, 2.05) is 0 Å². The van der Waals surface area contributed by atoms with Gasteiger partial charge in [0, 0.05) is 11.7 Å². The molecule has 0 bridgehead atoms. The molecule has 2 unspecified atom stereocenters. The van der Waals surface area contributed by atoms with Crippen LogP contribution in [-0.2, 0) is 10.0 Å². The van der Waals surface area contributed by atoms with Crippen molar-refractivity contribution in [2.45, 2.75) is 49.1 Å². The summed E-state index contributed by atoms with van der Waals surface area (Å²) in [6, 6.07) is 5.66. The van der Waals surface area contributed by atoms with Gasteiger partial charge in [0.05, 0.1) is 11.0 Å². The SMILES string of the molecule is Nc1ccc(S(=O)(=O)NC2CCCCCC2O)cc1. The Kier molecular flexibility index (Phi) is 4.44. The molecular weight excluding hydrogens is 264 g/mol. The molecule has 1 aliphatic carbocycles. The van der Waals surface area contributed by atoms with E-state index in [0.29, 0.717) is 18.5 Å². The van der Waals surface area contributed by atoms with Crippen LogP contribution in [0, 0.1) is 0 Å². The number of rotatable bonds is 3. The summed E-state index contributed by atoms with van der Waals surface area (Å²) in [5, 5.41) is 9.96. The molecule has 1 aromatic rings. The second-order valence-electron chi connectivity index (χ2n) is 5.00. The molecule has 1 fully saturated rings. The monoisotopic (exact) mass is 284 g/mol. The van der Waals surface area contributed by atoms with Gasteiger partial charge >= 0.3 is 0 Å². The van der Waals surface area contributed by atoms with Crippen molar-refractivity contribution in [3.63, 3.8) is 0 Å². The Morgan fingerprint density at radius 1 is 1.11 bits per heavy atom. The molecule has 19 heavy (non-hydrogen) atoms. The topological polar surface area (TPSA) is 92.4 Å². The number of anilines is 1. The summed E-state index contributed by atoms with van der Waals surface area (Å²) in [6.45, 7) is 0. The fraction of sp³-hybridized carbons (Fsp3) is 0.538. The molecule has 0 amide bonds. The molecule has 0 radical (unpaired) electrons. The van der Waals surface area contributed by atoms with E-state index in [1.165, 1.54) is 12.1 Å². The number of benzene rings is 1. The van der Waals surface area contributed by atoms with Gasteiger partial charge in [-0.3, -0.25) is 0 Å². The summed E-state index contributed by atoms with van der Waals surface area (Å²) in [4.78, 5) is 0.179. The lowest BCUT2D eigenvalue weighted by atomic mass is 10.1. The van der Waals surface area contributed by atoms with Crippen LogP contribution in [0.15, 0.2) is 29.2 Å². The van der Waals surface area contributed by atoms with Crippen LogP contribution < -0.4 is 10.5 Å². The molecule has 106 valence electrons. The molecule has 2 rings (SSSR count). The normalized spacial score (nSPS) is 24.9. The highest BCUT2D eigenvalue weighted by molar-refractivity contribution is 7.89. The van der Waals surface area contributed by atoms with Crippen molar-refractivity contribution in [2.75, 3.05) is 5.73 Å². The maximum atomic E-state index is 12.2. The largest absolute Gasteiger partial charge is 0.399 e. The molecule has 0 heterocycles. The molecule has 0 aliphatic heterocycles. The summed E-state index contributed by atoms with van der Waals surface area (Å²) in [7, 11) is -3.59. The molecular formula is C13H20N2O3S. The lowest BCUT2D eigenvalue weighted by Crippen LogP contribution is -2.42. The third-order valence-electron chi connectivity index (χ3n) is 3.48. The molecule has 2 atom stereocenters. The van der Waals surface area contributed by atoms with Crippen molar-refractivity contribution in [1.29, 1.82) is 0 Å². The van der Waals surface area contributed by atoms with Crippen molar-refractivity contribution in [1.82, 2.24) is 4.72 Å². The third-order valence-corrected chi connectivity index (χ3v) is 4.98. The molecule has 0 aromatic heterocycles. The van der Waals surface area contributed by atoms with Crippen LogP contribution >= 0.6 is 0 Å². The average molecular weight is 284 g/mol. The maximum absolute atomic E-state index is 12.2. The molecule has 0 saturated heterocycles. The minimum Gasteiger partial charge on any atom is -0.399 e. The van der Waals surface area contributed by atoms with Gasteiger partial charge in [-0.05, 0) is 37.1 Å². The number of aliphatic hydroxyl groups excluding tert-OH is 1. The zero-order valence-corrected chi connectivity index (χ0v) is 11.6. The lowest BCUT2D eigenvalue weighted by Gasteiger charge is -2.21. The molecule has 1 aliphatic rings. The van der Waals surface area contributed by atoms with Gasteiger partial charge in [0.25, 0.3) is 0 Å². The predicted molar refractivity (Wildman–Crippen MR) is 74.1 cm³/mol. The highest BCUT2D eigenvalue weighted by Gasteiger charge is 2.26. The van der Waals surface area contributed by atoms with E-state index in [9.17, 15) is 13.5 Å². The fourth-order valence-electron chi connectivity index (χ4n) is 2.34. The summed E-state index contributed by atoms with van der Waals surface area (Å²) in [5.74, 6) is 0. The zero-order chi connectivity index (χ0) is 13.9. The van der Waals surface area contributed by atoms with Gasteiger partial charge in [-0.15, -0.1) is 0 Å². The number of hydrogen-bond acceptors (Lipinski definition) is 4. The first-order valence-electron chi connectivity index (χ1n) is 6.55. The minimum absolute atomic E-state index is 0.179. The van der Waals surface area contributed by atoms with Crippen LogP contribution in [0.2, 0.25) is 0 Å². The quantitative estimate of drug-likeness (QED) is 0.575. The van der Waals surface area contributed by atoms with Gasteiger partial charge in [-0.2, -0.15) is 0 Å². The maximum Gasteiger partial charge on any atom is 0.240 e. The second-order valence-corrected chi connectivity index (χ2v) is 6.72.